The van der Waals surface area contributed by atoms with Crippen molar-refractivity contribution >= 4 is 5.57 Å². The fraction of sp³-hybridized carbons (Fsp3) is 0.556. The van der Waals surface area contributed by atoms with Crippen LogP contribution in [0.4, 0.5) is 0 Å². The van der Waals surface area contributed by atoms with Crippen molar-refractivity contribution in [3.8, 4) is 5.75 Å². The van der Waals surface area contributed by atoms with Crippen LogP contribution in [-0.4, -0.2) is 32.9 Å². The van der Waals surface area contributed by atoms with Gasteiger partial charge in [-0.1, -0.05) is 32.1 Å². The molecule has 0 aromatic heterocycles. The molecular weight excluding hydrogens is 262 g/mol. The summed E-state index contributed by atoms with van der Waals surface area (Å²) in [5, 5.41) is 3.33. The van der Waals surface area contributed by atoms with Gasteiger partial charge in [0.25, 0.3) is 0 Å². The van der Waals surface area contributed by atoms with Crippen molar-refractivity contribution in [1.29, 1.82) is 0 Å². The Morgan fingerprint density at radius 3 is 2.57 bits per heavy atom. The second-order valence-electron chi connectivity index (χ2n) is 5.85. The first kappa shape index (κ1) is 16.1. The van der Waals surface area contributed by atoms with Gasteiger partial charge in [-0.15, -0.1) is 0 Å². The maximum atomic E-state index is 5.70. The Morgan fingerprint density at radius 2 is 1.90 bits per heavy atom. The van der Waals surface area contributed by atoms with E-state index >= 15 is 0 Å². The minimum Gasteiger partial charge on any atom is -0.491 e. The lowest BCUT2D eigenvalue weighted by Gasteiger charge is -2.14. The molecule has 0 bridgehead atoms. The van der Waals surface area contributed by atoms with Crippen molar-refractivity contribution in [2.24, 2.45) is 5.92 Å². The molecule has 1 aliphatic rings. The van der Waals surface area contributed by atoms with E-state index in [1.807, 2.05) is 12.1 Å². The smallest absolute Gasteiger partial charge is 0.119 e. The van der Waals surface area contributed by atoms with E-state index < -0.39 is 0 Å². The molecule has 1 aromatic rings. The Balaban J connectivity index is 1.69. The van der Waals surface area contributed by atoms with Crippen molar-refractivity contribution in [1.82, 2.24) is 5.32 Å². The van der Waals surface area contributed by atoms with Crippen LogP contribution < -0.4 is 10.1 Å². The van der Waals surface area contributed by atoms with Gasteiger partial charge in [0, 0.05) is 13.2 Å². The molecule has 3 heteroatoms. The topological polar surface area (TPSA) is 30.5 Å². The van der Waals surface area contributed by atoms with E-state index in [1.165, 1.54) is 11.1 Å². The Morgan fingerprint density at radius 1 is 1.10 bits per heavy atom. The van der Waals surface area contributed by atoms with Gasteiger partial charge >= 0.3 is 0 Å². The number of nitrogens with one attached hydrogen (secondary N) is 1. The summed E-state index contributed by atoms with van der Waals surface area (Å²) >= 11 is 0. The van der Waals surface area contributed by atoms with E-state index in [0.717, 1.165) is 38.3 Å². The third-order valence-corrected chi connectivity index (χ3v) is 3.62. The van der Waals surface area contributed by atoms with Crippen LogP contribution in [0.15, 0.2) is 30.3 Å². The Kier molecular flexibility index (Phi) is 6.77. The molecule has 1 aliphatic heterocycles. The summed E-state index contributed by atoms with van der Waals surface area (Å²) in [6, 6.07) is 8.39. The maximum Gasteiger partial charge on any atom is 0.119 e. The molecule has 0 atom stereocenters. The molecule has 3 nitrogen and oxygen atoms in total. The zero-order chi connectivity index (χ0) is 14.9. The minimum absolute atomic E-state index is 0.615. The number of hydrogen-bond donors (Lipinski definition) is 1. The fourth-order valence-corrected chi connectivity index (χ4v) is 2.29. The number of benzene rings is 1. The van der Waals surface area contributed by atoms with Gasteiger partial charge in [-0.3, -0.25) is 0 Å². The molecule has 0 saturated heterocycles. The first-order valence-corrected chi connectivity index (χ1v) is 7.96. The van der Waals surface area contributed by atoms with Crippen LogP contribution in [0.1, 0.15) is 32.3 Å². The molecule has 2 rings (SSSR count). The summed E-state index contributed by atoms with van der Waals surface area (Å²) < 4.78 is 11.2. The largest absolute Gasteiger partial charge is 0.491 e. The van der Waals surface area contributed by atoms with Crippen LogP contribution in [0.25, 0.3) is 5.57 Å². The molecule has 0 aliphatic carbocycles. The lowest BCUT2D eigenvalue weighted by molar-refractivity contribution is 0.0926. The SMILES string of the molecule is CC(C)CCOCCOc1ccc(C2=CCNCC2)cc1. The van der Waals surface area contributed by atoms with Crippen molar-refractivity contribution in [3.05, 3.63) is 35.9 Å². The van der Waals surface area contributed by atoms with Gasteiger partial charge in [0.15, 0.2) is 0 Å². The molecule has 0 saturated carbocycles. The third kappa shape index (κ3) is 5.90. The van der Waals surface area contributed by atoms with Crippen molar-refractivity contribution in [2.75, 3.05) is 32.9 Å². The normalized spacial score (nSPS) is 15.1. The van der Waals surface area contributed by atoms with Crippen molar-refractivity contribution < 1.29 is 9.47 Å². The molecule has 0 amide bonds. The van der Waals surface area contributed by atoms with E-state index in [-0.39, 0.29) is 0 Å². The second-order valence-corrected chi connectivity index (χ2v) is 5.85. The molecule has 0 spiro atoms. The van der Waals surface area contributed by atoms with Gasteiger partial charge in [-0.2, -0.15) is 0 Å². The summed E-state index contributed by atoms with van der Waals surface area (Å²) in [4.78, 5) is 0. The van der Waals surface area contributed by atoms with E-state index in [4.69, 9.17) is 9.47 Å². The molecule has 21 heavy (non-hydrogen) atoms. The van der Waals surface area contributed by atoms with Gasteiger partial charge in [0.1, 0.15) is 12.4 Å². The summed E-state index contributed by atoms with van der Waals surface area (Å²) in [6.07, 6.45) is 4.48. The predicted octanol–water partition coefficient (Wildman–Crippen LogP) is 3.50. The molecule has 1 heterocycles. The van der Waals surface area contributed by atoms with Gasteiger partial charge in [0.05, 0.1) is 6.61 Å². The molecule has 0 unspecified atom stereocenters. The van der Waals surface area contributed by atoms with E-state index in [2.05, 4.69) is 37.4 Å². The predicted molar refractivity (Wildman–Crippen MR) is 87.7 cm³/mol. The highest BCUT2D eigenvalue weighted by Gasteiger charge is 2.05. The molecule has 1 N–H and O–H groups in total. The highest BCUT2D eigenvalue weighted by Crippen LogP contribution is 2.22. The van der Waals surface area contributed by atoms with Crippen LogP contribution in [0.3, 0.4) is 0 Å². The van der Waals surface area contributed by atoms with E-state index in [0.29, 0.717) is 19.1 Å². The van der Waals surface area contributed by atoms with Gasteiger partial charge in [-0.05, 0) is 48.6 Å². The highest BCUT2D eigenvalue weighted by atomic mass is 16.5. The number of rotatable bonds is 8. The van der Waals surface area contributed by atoms with Crippen LogP contribution in [-0.2, 0) is 4.74 Å². The minimum atomic E-state index is 0.615. The molecule has 0 fully saturated rings. The lowest BCUT2D eigenvalue weighted by atomic mass is 10.0. The van der Waals surface area contributed by atoms with Crippen molar-refractivity contribution in [2.45, 2.75) is 26.7 Å². The number of ether oxygens (including phenoxy) is 2. The van der Waals surface area contributed by atoms with Gasteiger partial charge in [0.2, 0.25) is 0 Å². The van der Waals surface area contributed by atoms with Gasteiger partial charge in [-0.25, -0.2) is 0 Å². The summed E-state index contributed by atoms with van der Waals surface area (Å²) in [7, 11) is 0. The zero-order valence-corrected chi connectivity index (χ0v) is 13.2. The standard InChI is InChI=1S/C18H27NO2/c1-15(2)9-12-20-13-14-21-18-5-3-16(4-6-18)17-7-10-19-11-8-17/h3-7,15,19H,8-14H2,1-2H3. The first-order valence-electron chi connectivity index (χ1n) is 7.96. The Hall–Kier alpha value is -1.32. The van der Waals surface area contributed by atoms with Crippen LogP contribution in [0.2, 0.25) is 0 Å². The summed E-state index contributed by atoms with van der Waals surface area (Å²) in [5.74, 6) is 1.61. The molecular formula is C18H27NO2. The van der Waals surface area contributed by atoms with E-state index in [1.54, 1.807) is 0 Å². The molecule has 1 aromatic carbocycles. The first-order chi connectivity index (χ1) is 10.3. The highest BCUT2D eigenvalue weighted by molar-refractivity contribution is 5.67. The Bertz CT molecular complexity index is 437. The molecule has 116 valence electrons. The Labute approximate surface area is 128 Å². The van der Waals surface area contributed by atoms with Crippen LogP contribution in [0.5, 0.6) is 5.75 Å². The van der Waals surface area contributed by atoms with Gasteiger partial charge < -0.3 is 14.8 Å². The number of hydrogen-bond acceptors (Lipinski definition) is 3. The monoisotopic (exact) mass is 289 g/mol. The quantitative estimate of drug-likeness (QED) is 0.743. The van der Waals surface area contributed by atoms with E-state index in [9.17, 15) is 0 Å². The second kappa shape index (κ2) is 8.85. The average molecular weight is 289 g/mol. The average Bonchev–Trinajstić information content (AvgIpc) is 2.52. The third-order valence-electron chi connectivity index (χ3n) is 3.62. The van der Waals surface area contributed by atoms with Crippen LogP contribution in [0, 0.1) is 5.92 Å². The maximum absolute atomic E-state index is 5.70. The summed E-state index contributed by atoms with van der Waals surface area (Å²) in [6.45, 7) is 8.55. The van der Waals surface area contributed by atoms with Crippen molar-refractivity contribution in [3.63, 3.8) is 0 Å². The lowest BCUT2D eigenvalue weighted by Crippen LogP contribution is -2.19. The summed E-state index contributed by atoms with van der Waals surface area (Å²) in [5.41, 5.74) is 2.73. The van der Waals surface area contributed by atoms with Crippen LogP contribution >= 0.6 is 0 Å². The fourth-order valence-electron chi connectivity index (χ4n) is 2.29. The zero-order valence-electron chi connectivity index (χ0n) is 13.2. The molecule has 0 radical (unpaired) electrons.